The first kappa shape index (κ1) is 10.2. The second-order valence-electron chi connectivity index (χ2n) is 3.14. The summed E-state index contributed by atoms with van der Waals surface area (Å²) in [6, 6.07) is 3.94. The average Bonchev–Trinajstić information content (AvgIpc) is 2.64. The summed E-state index contributed by atoms with van der Waals surface area (Å²) in [5.41, 5.74) is 2.05. The number of anilines is 1. The van der Waals surface area contributed by atoms with Gasteiger partial charge in [-0.1, -0.05) is 0 Å². The van der Waals surface area contributed by atoms with Gasteiger partial charge in [0.25, 0.3) is 0 Å². The SMILES string of the molecule is CNc1ccnc(Cn2cc(Br)cn2)c1. The Morgan fingerprint density at radius 3 is 3.07 bits per heavy atom. The predicted molar refractivity (Wildman–Crippen MR) is 62.8 cm³/mol. The molecule has 2 heterocycles. The summed E-state index contributed by atoms with van der Waals surface area (Å²) in [6.45, 7) is 0.682. The van der Waals surface area contributed by atoms with Crippen LogP contribution in [0.2, 0.25) is 0 Å². The monoisotopic (exact) mass is 266 g/mol. The predicted octanol–water partition coefficient (Wildman–Crippen LogP) is 2.13. The molecule has 0 fully saturated rings. The molecule has 78 valence electrons. The van der Waals surface area contributed by atoms with Crippen molar-refractivity contribution in [2.45, 2.75) is 6.54 Å². The van der Waals surface area contributed by atoms with Crippen molar-refractivity contribution in [3.05, 3.63) is 40.9 Å². The molecule has 0 unspecified atom stereocenters. The summed E-state index contributed by atoms with van der Waals surface area (Å²) in [5, 5.41) is 7.26. The summed E-state index contributed by atoms with van der Waals surface area (Å²) < 4.78 is 2.82. The quantitative estimate of drug-likeness (QED) is 0.926. The molecule has 0 atom stereocenters. The molecule has 0 aliphatic carbocycles. The Hall–Kier alpha value is -1.36. The van der Waals surface area contributed by atoms with Gasteiger partial charge in [-0.05, 0) is 28.1 Å². The number of aromatic nitrogens is 3. The fourth-order valence-electron chi connectivity index (χ4n) is 1.31. The molecule has 4 nitrogen and oxygen atoms in total. The van der Waals surface area contributed by atoms with Gasteiger partial charge >= 0.3 is 0 Å². The third-order valence-corrected chi connectivity index (χ3v) is 2.44. The van der Waals surface area contributed by atoms with Crippen LogP contribution < -0.4 is 5.32 Å². The van der Waals surface area contributed by atoms with Crippen molar-refractivity contribution in [1.82, 2.24) is 14.8 Å². The first-order chi connectivity index (χ1) is 7.28. The molecule has 0 aromatic carbocycles. The van der Waals surface area contributed by atoms with E-state index >= 15 is 0 Å². The lowest BCUT2D eigenvalue weighted by molar-refractivity contribution is 0.673. The van der Waals surface area contributed by atoms with Gasteiger partial charge in [0.2, 0.25) is 0 Å². The van der Waals surface area contributed by atoms with E-state index in [1.807, 2.05) is 30.1 Å². The Bertz CT molecular complexity index is 452. The number of nitrogens with zero attached hydrogens (tertiary/aromatic N) is 3. The van der Waals surface area contributed by atoms with Crippen LogP contribution in [0.1, 0.15) is 5.69 Å². The summed E-state index contributed by atoms with van der Waals surface area (Å²) in [6.07, 6.45) is 5.48. The van der Waals surface area contributed by atoms with E-state index in [-0.39, 0.29) is 0 Å². The molecule has 0 radical (unpaired) electrons. The number of halogens is 1. The smallest absolute Gasteiger partial charge is 0.0832 e. The van der Waals surface area contributed by atoms with E-state index in [2.05, 4.69) is 31.3 Å². The van der Waals surface area contributed by atoms with Crippen LogP contribution in [0.25, 0.3) is 0 Å². The Kier molecular flexibility index (Phi) is 3.01. The molecule has 0 amide bonds. The number of nitrogens with one attached hydrogen (secondary N) is 1. The standard InChI is InChI=1S/C10H11BrN4/c1-12-9-2-3-13-10(4-9)7-15-6-8(11)5-14-15/h2-6H,7H2,1H3,(H,12,13). The number of rotatable bonds is 3. The third kappa shape index (κ3) is 2.56. The molecule has 15 heavy (non-hydrogen) atoms. The molecule has 5 heteroatoms. The molecule has 0 bridgehead atoms. The molecule has 1 N–H and O–H groups in total. The van der Waals surface area contributed by atoms with Crippen molar-refractivity contribution in [1.29, 1.82) is 0 Å². The topological polar surface area (TPSA) is 42.7 Å². The zero-order valence-electron chi connectivity index (χ0n) is 8.31. The molecule has 0 spiro atoms. The van der Waals surface area contributed by atoms with Crippen molar-refractivity contribution in [2.75, 3.05) is 12.4 Å². The number of hydrogen-bond donors (Lipinski definition) is 1. The van der Waals surface area contributed by atoms with Gasteiger partial charge in [-0.25, -0.2) is 0 Å². The van der Waals surface area contributed by atoms with Gasteiger partial charge in [0, 0.05) is 25.1 Å². The second-order valence-corrected chi connectivity index (χ2v) is 4.06. The van der Waals surface area contributed by atoms with Gasteiger partial charge in [0.1, 0.15) is 0 Å². The maximum Gasteiger partial charge on any atom is 0.0832 e. The summed E-state index contributed by atoms with van der Waals surface area (Å²) in [5.74, 6) is 0. The van der Waals surface area contributed by atoms with E-state index < -0.39 is 0 Å². The van der Waals surface area contributed by atoms with Gasteiger partial charge in [0.15, 0.2) is 0 Å². The molecule has 2 aromatic heterocycles. The molecular formula is C10H11BrN4. The highest BCUT2D eigenvalue weighted by Gasteiger charge is 1.99. The van der Waals surface area contributed by atoms with E-state index in [0.29, 0.717) is 6.54 Å². The first-order valence-electron chi connectivity index (χ1n) is 4.58. The zero-order valence-corrected chi connectivity index (χ0v) is 9.90. The highest BCUT2D eigenvalue weighted by molar-refractivity contribution is 9.10. The average molecular weight is 267 g/mol. The Balaban J connectivity index is 2.16. The van der Waals surface area contributed by atoms with Crippen LogP contribution in [-0.4, -0.2) is 21.8 Å². The minimum atomic E-state index is 0.682. The van der Waals surface area contributed by atoms with Crippen molar-refractivity contribution in [3.8, 4) is 0 Å². The van der Waals surface area contributed by atoms with E-state index in [9.17, 15) is 0 Å². The Labute approximate surface area is 96.5 Å². The highest BCUT2D eigenvalue weighted by Crippen LogP contribution is 2.10. The fraction of sp³-hybridized carbons (Fsp3) is 0.200. The number of hydrogen-bond acceptors (Lipinski definition) is 3. The minimum absolute atomic E-state index is 0.682. The lowest BCUT2D eigenvalue weighted by atomic mass is 10.3. The van der Waals surface area contributed by atoms with E-state index in [0.717, 1.165) is 15.9 Å². The van der Waals surface area contributed by atoms with Gasteiger partial charge < -0.3 is 5.32 Å². The van der Waals surface area contributed by atoms with Crippen LogP contribution in [0.4, 0.5) is 5.69 Å². The normalized spacial score (nSPS) is 10.3. The zero-order chi connectivity index (χ0) is 10.7. The van der Waals surface area contributed by atoms with Crippen LogP contribution in [0, 0.1) is 0 Å². The summed E-state index contributed by atoms with van der Waals surface area (Å²) in [4.78, 5) is 4.28. The summed E-state index contributed by atoms with van der Waals surface area (Å²) >= 11 is 3.36. The van der Waals surface area contributed by atoms with Gasteiger partial charge in [-0.15, -0.1) is 0 Å². The van der Waals surface area contributed by atoms with Gasteiger partial charge in [-0.3, -0.25) is 9.67 Å². The second kappa shape index (κ2) is 4.44. The largest absolute Gasteiger partial charge is 0.388 e. The van der Waals surface area contributed by atoms with Crippen molar-refractivity contribution < 1.29 is 0 Å². The maximum atomic E-state index is 4.28. The lowest BCUT2D eigenvalue weighted by Gasteiger charge is -2.03. The Morgan fingerprint density at radius 2 is 2.40 bits per heavy atom. The third-order valence-electron chi connectivity index (χ3n) is 2.03. The van der Waals surface area contributed by atoms with Crippen LogP contribution >= 0.6 is 15.9 Å². The lowest BCUT2D eigenvalue weighted by Crippen LogP contribution is -2.02. The maximum absolute atomic E-state index is 4.28. The van der Waals surface area contributed by atoms with Crippen molar-refractivity contribution >= 4 is 21.6 Å². The minimum Gasteiger partial charge on any atom is -0.388 e. The van der Waals surface area contributed by atoms with Crippen LogP contribution in [-0.2, 0) is 6.54 Å². The van der Waals surface area contributed by atoms with Gasteiger partial charge in [0.05, 0.1) is 22.9 Å². The molecule has 0 aliphatic rings. The van der Waals surface area contributed by atoms with Crippen LogP contribution in [0.15, 0.2) is 35.2 Å². The van der Waals surface area contributed by atoms with Crippen molar-refractivity contribution in [2.24, 2.45) is 0 Å². The van der Waals surface area contributed by atoms with E-state index in [1.165, 1.54) is 0 Å². The summed E-state index contributed by atoms with van der Waals surface area (Å²) in [7, 11) is 1.89. The molecule has 0 aliphatic heterocycles. The highest BCUT2D eigenvalue weighted by atomic mass is 79.9. The Morgan fingerprint density at radius 1 is 1.53 bits per heavy atom. The molecule has 0 saturated carbocycles. The molecule has 0 saturated heterocycles. The fourth-order valence-corrected chi connectivity index (χ4v) is 1.64. The molecule has 2 rings (SSSR count). The van der Waals surface area contributed by atoms with Crippen LogP contribution in [0.3, 0.4) is 0 Å². The van der Waals surface area contributed by atoms with E-state index in [1.54, 1.807) is 12.4 Å². The van der Waals surface area contributed by atoms with Gasteiger partial charge in [-0.2, -0.15) is 5.10 Å². The first-order valence-corrected chi connectivity index (χ1v) is 5.38. The van der Waals surface area contributed by atoms with Crippen LogP contribution in [0.5, 0.6) is 0 Å². The molecular weight excluding hydrogens is 256 g/mol. The number of pyridine rings is 1. The molecule has 2 aromatic rings. The van der Waals surface area contributed by atoms with E-state index in [4.69, 9.17) is 0 Å². The van der Waals surface area contributed by atoms with Crippen molar-refractivity contribution in [3.63, 3.8) is 0 Å².